The number of amides is 1. The number of pyridine rings is 1. The second-order valence-electron chi connectivity index (χ2n) is 10.9. The Morgan fingerprint density at radius 1 is 1.11 bits per heavy atom. The number of nitrogens with two attached hydrogens (primary N) is 2. The summed E-state index contributed by atoms with van der Waals surface area (Å²) < 4.78 is 41.0. The van der Waals surface area contributed by atoms with Crippen molar-refractivity contribution in [3.05, 3.63) is 88.0 Å². The van der Waals surface area contributed by atoms with Gasteiger partial charge in [-0.2, -0.15) is 23.0 Å². The van der Waals surface area contributed by atoms with Crippen molar-refractivity contribution in [3.8, 4) is 22.6 Å². The van der Waals surface area contributed by atoms with Crippen molar-refractivity contribution in [1.82, 2.24) is 24.3 Å². The van der Waals surface area contributed by atoms with Crippen LogP contribution in [0.2, 0.25) is 5.02 Å². The molecule has 0 fully saturated rings. The number of carbonyl (C=O) groups excluding carboxylic acids is 1. The van der Waals surface area contributed by atoms with Gasteiger partial charge in [0, 0.05) is 35.0 Å². The fraction of sp³-hybridized carbons (Fsp3) is 0.276. The third kappa shape index (κ3) is 7.13. The minimum atomic E-state index is -4.83. The second kappa shape index (κ2) is 12.8. The molecule has 1 aromatic carbocycles. The van der Waals surface area contributed by atoms with E-state index in [1.54, 1.807) is 19.1 Å². The van der Waals surface area contributed by atoms with Gasteiger partial charge < -0.3 is 26.4 Å². The van der Waals surface area contributed by atoms with Crippen LogP contribution in [0, 0.1) is 5.92 Å². The summed E-state index contributed by atoms with van der Waals surface area (Å²) in [7, 11) is 0. The first-order valence-electron chi connectivity index (χ1n) is 14.0. The highest BCUT2D eigenvalue weighted by atomic mass is 35.5. The lowest BCUT2D eigenvalue weighted by Gasteiger charge is -2.24. The molecule has 4 aromatic rings. The first-order chi connectivity index (χ1) is 22.0. The van der Waals surface area contributed by atoms with Crippen LogP contribution < -0.4 is 27.5 Å². The van der Waals surface area contributed by atoms with Gasteiger partial charge in [0.25, 0.3) is 5.56 Å². The summed E-state index contributed by atoms with van der Waals surface area (Å²) in [5.74, 6) is 5.01. The van der Waals surface area contributed by atoms with E-state index in [4.69, 9.17) is 23.2 Å². The molecule has 4 heterocycles. The van der Waals surface area contributed by atoms with E-state index in [1.165, 1.54) is 41.4 Å². The Morgan fingerprint density at radius 2 is 1.85 bits per heavy atom. The maximum Gasteiger partial charge on any atom is 0.432 e. The minimum absolute atomic E-state index is 0.0310. The molecule has 0 radical (unpaired) electrons. The molecule has 1 amide bonds. The van der Waals surface area contributed by atoms with Gasteiger partial charge in [-0.05, 0) is 48.7 Å². The maximum absolute atomic E-state index is 13.7. The van der Waals surface area contributed by atoms with Crippen molar-refractivity contribution in [2.45, 2.75) is 44.5 Å². The van der Waals surface area contributed by atoms with Gasteiger partial charge in [-0.1, -0.05) is 24.9 Å². The number of aromatic nitrogens is 5. The second-order valence-corrected chi connectivity index (χ2v) is 11.3. The van der Waals surface area contributed by atoms with Crippen LogP contribution in [0.25, 0.3) is 22.6 Å². The number of hydrazine groups is 1. The normalized spacial score (nSPS) is 17.7. The molecule has 2 bridgehead atoms. The number of carbonyl (C=O) groups is 1. The summed E-state index contributed by atoms with van der Waals surface area (Å²) in [5, 5.41) is 37.2. The number of nitrogens with one attached hydrogen (secondary N) is 1. The molecule has 18 heteroatoms. The number of allylic oxidation sites excluding steroid dienone is 1. The fourth-order valence-corrected chi connectivity index (χ4v) is 5.36. The largest absolute Gasteiger partial charge is 0.432 e. The van der Waals surface area contributed by atoms with Gasteiger partial charge in [0.15, 0.2) is 0 Å². The van der Waals surface area contributed by atoms with Crippen molar-refractivity contribution in [2.75, 3.05) is 10.3 Å². The average Bonchev–Trinajstić information content (AvgIpc) is 3.42. The summed E-state index contributed by atoms with van der Waals surface area (Å²) in [6.45, 7) is 1.70. The molecular weight excluding hydrogens is 647 g/mol. The Labute approximate surface area is 269 Å². The van der Waals surface area contributed by atoms with E-state index in [1.807, 2.05) is 0 Å². The third-order valence-corrected chi connectivity index (χ3v) is 7.81. The molecule has 0 saturated carbocycles. The van der Waals surface area contributed by atoms with Crippen LogP contribution in [-0.4, -0.2) is 51.7 Å². The van der Waals surface area contributed by atoms with Gasteiger partial charge in [-0.25, -0.2) is 10.8 Å². The molecule has 5 rings (SSSR count). The molecule has 2 atom stereocenters. The first-order valence-corrected chi connectivity index (χ1v) is 14.4. The van der Waals surface area contributed by atoms with Crippen molar-refractivity contribution in [3.63, 3.8) is 0 Å². The van der Waals surface area contributed by atoms with Crippen molar-refractivity contribution in [2.24, 2.45) is 17.5 Å². The number of anilines is 2. The van der Waals surface area contributed by atoms with E-state index in [0.717, 1.165) is 6.20 Å². The summed E-state index contributed by atoms with van der Waals surface area (Å²) in [6, 6.07) is 7.85. The monoisotopic (exact) mass is 675 g/mol. The van der Waals surface area contributed by atoms with E-state index < -0.39 is 35.5 Å². The van der Waals surface area contributed by atoms with Gasteiger partial charge in [0.1, 0.15) is 11.4 Å². The standard InChI is InChI=1S/C29H29ClF3N9O5/c1-15-3-2-4-22(16-7-8-36-20(9-16)26-21(39-27(15)44)12-38-42(26)29(45,46)47)40-14-37-19(11-25(40)43)18-10-17(30)5-6-23(18)41(35)13-24(34)28(31,32)33/h5-15,22,45-47H,2-4,34-35H2,1H3,(H,39,44)/b24-13-. The number of aliphatic hydroxyl groups is 3. The summed E-state index contributed by atoms with van der Waals surface area (Å²) in [6.07, 6.45) is -2.67. The minimum Gasteiger partial charge on any atom is -0.393 e. The topological polar surface area (TPSA) is 211 Å². The van der Waals surface area contributed by atoms with Crippen molar-refractivity contribution >= 4 is 28.9 Å². The average molecular weight is 676 g/mol. The van der Waals surface area contributed by atoms with Crippen LogP contribution in [0.4, 0.5) is 24.5 Å². The van der Waals surface area contributed by atoms with Crippen molar-refractivity contribution in [1.29, 1.82) is 0 Å². The highest BCUT2D eigenvalue weighted by molar-refractivity contribution is 6.31. The van der Waals surface area contributed by atoms with Gasteiger partial charge in [-0.15, -0.1) is 0 Å². The predicted molar refractivity (Wildman–Crippen MR) is 164 cm³/mol. The zero-order valence-electron chi connectivity index (χ0n) is 24.6. The molecule has 2 unspecified atom stereocenters. The lowest BCUT2D eigenvalue weighted by Crippen LogP contribution is -2.34. The Kier molecular flexibility index (Phi) is 9.11. The Bertz CT molecular complexity index is 1910. The zero-order chi connectivity index (χ0) is 34.3. The highest BCUT2D eigenvalue weighted by Crippen LogP contribution is 2.35. The summed E-state index contributed by atoms with van der Waals surface area (Å²) in [4.78, 5) is 35.3. The predicted octanol–water partition coefficient (Wildman–Crippen LogP) is 2.76. The first kappa shape index (κ1) is 33.6. The molecule has 14 nitrogen and oxygen atoms in total. The molecule has 1 aliphatic heterocycles. The molecule has 3 aromatic heterocycles. The lowest BCUT2D eigenvalue weighted by atomic mass is 9.95. The molecule has 1 aliphatic rings. The molecule has 0 spiro atoms. The van der Waals surface area contributed by atoms with E-state index in [-0.39, 0.29) is 44.9 Å². The van der Waals surface area contributed by atoms with Crippen LogP contribution in [-0.2, 0) is 10.9 Å². The van der Waals surface area contributed by atoms with Crippen LogP contribution in [0.1, 0.15) is 37.8 Å². The Morgan fingerprint density at radius 3 is 2.53 bits per heavy atom. The van der Waals surface area contributed by atoms with Crippen LogP contribution in [0.5, 0.6) is 0 Å². The SMILES string of the molecule is CC1CCCC(n2cnc(-c3cc(Cl)ccc3N(N)/C=C(\N)C(F)(F)F)cc2=O)c2ccnc(c2)-c2c(cnn2C(O)(O)O)NC1=O. The molecular formula is C29H29ClF3N9O5. The number of fused-ring (bicyclic) bond motifs is 4. The number of benzene rings is 1. The molecule has 47 heavy (non-hydrogen) atoms. The van der Waals surface area contributed by atoms with Gasteiger partial charge >= 0.3 is 12.3 Å². The zero-order valence-corrected chi connectivity index (χ0v) is 25.3. The lowest BCUT2D eigenvalue weighted by molar-refractivity contribution is -0.380. The third-order valence-electron chi connectivity index (χ3n) is 7.57. The van der Waals surface area contributed by atoms with Crippen molar-refractivity contribution < 1.29 is 33.3 Å². The number of rotatable bonds is 5. The number of hydrogen-bond donors (Lipinski definition) is 6. The fourth-order valence-electron chi connectivity index (χ4n) is 5.19. The maximum atomic E-state index is 13.7. The van der Waals surface area contributed by atoms with Gasteiger partial charge in [-0.3, -0.25) is 24.1 Å². The van der Waals surface area contributed by atoms with E-state index in [9.17, 15) is 38.1 Å². The van der Waals surface area contributed by atoms with Crippen LogP contribution in [0.15, 0.2) is 71.8 Å². The molecule has 0 saturated heterocycles. The van der Waals surface area contributed by atoms with Gasteiger partial charge in [0.2, 0.25) is 5.91 Å². The highest BCUT2D eigenvalue weighted by Gasteiger charge is 2.33. The van der Waals surface area contributed by atoms with Gasteiger partial charge in [0.05, 0.1) is 41.3 Å². The smallest absolute Gasteiger partial charge is 0.393 e. The van der Waals surface area contributed by atoms with E-state index in [0.29, 0.717) is 40.7 Å². The van der Waals surface area contributed by atoms with E-state index >= 15 is 0 Å². The quantitative estimate of drug-likeness (QED) is 0.103. The van der Waals surface area contributed by atoms with Crippen LogP contribution >= 0.6 is 11.6 Å². The Balaban J connectivity index is 1.60. The Hall–Kier alpha value is -4.81. The molecule has 8 N–H and O–H groups in total. The summed E-state index contributed by atoms with van der Waals surface area (Å²) >= 11 is 6.18. The van der Waals surface area contributed by atoms with Crippen LogP contribution in [0.3, 0.4) is 0 Å². The molecule has 248 valence electrons. The number of halogens is 4. The van der Waals surface area contributed by atoms with E-state index in [2.05, 4.69) is 20.4 Å². The number of nitrogens with zero attached hydrogens (tertiary/aromatic N) is 6. The number of alkyl halides is 3. The summed E-state index contributed by atoms with van der Waals surface area (Å²) in [5.41, 5.74) is 3.98. The molecule has 0 aliphatic carbocycles. The number of hydrogen-bond acceptors (Lipinski definition) is 11.